The molecule has 20 heavy (non-hydrogen) atoms. The van der Waals surface area contributed by atoms with Crippen LogP contribution < -0.4 is 5.32 Å². The molecule has 6 nitrogen and oxygen atoms in total. The summed E-state index contributed by atoms with van der Waals surface area (Å²) in [4.78, 5) is 10.2. The Morgan fingerprint density at radius 2 is 1.95 bits per heavy atom. The van der Waals surface area contributed by atoms with Crippen LogP contribution in [0.2, 0.25) is 0 Å². The van der Waals surface area contributed by atoms with Gasteiger partial charge in [0.25, 0.3) is 5.69 Å². The number of aromatic nitrogens is 2. The number of nitro benzene ring substituents is 1. The van der Waals surface area contributed by atoms with E-state index < -0.39 is 4.92 Å². The van der Waals surface area contributed by atoms with Crippen LogP contribution in [0.15, 0.2) is 36.5 Å². The Morgan fingerprint density at radius 1 is 1.25 bits per heavy atom. The molecule has 1 heterocycles. The van der Waals surface area contributed by atoms with Crippen LogP contribution in [0.4, 0.5) is 5.69 Å². The fraction of sp³-hybridized carbons (Fsp3) is 0.357. The topological polar surface area (TPSA) is 73.0 Å². The summed E-state index contributed by atoms with van der Waals surface area (Å²) in [5, 5.41) is 18.3. The molecule has 2 rings (SSSR count). The first kappa shape index (κ1) is 14.2. The molecule has 0 bridgehead atoms. The van der Waals surface area contributed by atoms with E-state index in [0.29, 0.717) is 19.1 Å². The van der Waals surface area contributed by atoms with Gasteiger partial charge in [0.15, 0.2) is 0 Å². The van der Waals surface area contributed by atoms with Crippen LogP contribution in [0.5, 0.6) is 0 Å². The van der Waals surface area contributed by atoms with E-state index in [9.17, 15) is 10.1 Å². The van der Waals surface area contributed by atoms with Crippen LogP contribution in [0.25, 0.3) is 0 Å². The van der Waals surface area contributed by atoms with Crippen molar-refractivity contribution in [3.05, 3.63) is 57.9 Å². The van der Waals surface area contributed by atoms with Crippen molar-refractivity contribution >= 4 is 5.69 Å². The van der Waals surface area contributed by atoms with Gasteiger partial charge in [0.05, 0.1) is 10.6 Å². The quantitative estimate of drug-likeness (QED) is 0.649. The van der Waals surface area contributed by atoms with E-state index in [2.05, 4.69) is 24.3 Å². The van der Waals surface area contributed by atoms with E-state index >= 15 is 0 Å². The number of hydrogen-bond donors (Lipinski definition) is 1. The zero-order valence-corrected chi connectivity index (χ0v) is 11.6. The highest BCUT2D eigenvalue weighted by atomic mass is 16.6. The fourth-order valence-corrected chi connectivity index (χ4v) is 1.83. The Kier molecular flexibility index (Phi) is 4.47. The first-order chi connectivity index (χ1) is 9.56. The second kappa shape index (κ2) is 6.29. The van der Waals surface area contributed by atoms with Gasteiger partial charge in [-0.1, -0.05) is 12.1 Å². The minimum absolute atomic E-state index is 0.115. The fourth-order valence-electron chi connectivity index (χ4n) is 1.83. The highest BCUT2D eigenvalue weighted by Gasteiger charge is 2.04. The predicted molar refractivity (Wildman–Crippen MR) is 76.3 cm³/mol. The first-order valence-electron chi connectivity index (χ1n) is 6.54. The Labute approximate surface area is 117 Å². The van der Waals surface area contributed by atoms with Crippen molar-refractivity contribution in [2.24, 2.45) is 0 Å². The maximum Gasteiger partial charge on any atom is 0.269 e. The maximum atomic E-state index is 10.5. The molecule has 0 fully saturated rings. The summed E-state index contributed by atoms with van der Waals surface area (Å²) in [5.41, 5.74) is 2.11. The molecule has 1 aromatic carbocycles. The molecule has 2 aromatic rings. The van der Waals surface area contributed by atoms with Crippen molar-refractivity contribution in [1.29, 1.82) is 0 Å². The van der Waals surface area contributed by atoms with Crippen LogP contribution in [0, 0.1) is 10.1 Å². The molecule has 0 aliphatic rings. The summed E-state index contributed by atoms with van der Waals surface area (Å²) >= 11 is 0. The number of nitrogens with zero attached hydrogens (tertiary/aromatic N) is 3. The number of benzene rings is 1. The smallest absolute Gasteiger partial charge is 0.269 e. The van der Waals surface area contributed by atoms with E-state index in [1.807, 2.05) is 16.9 Å². The van der Waals surface area contributed by atoms with Crippen LogP contribution in [-0.2, 0) is 13.1 Å². The van der Waals surface area contributed by atoms with Crippen LogP contribution in [0.1, 0.15) is 31.1 Å². The lowest BCUT2D eigenvalue weighted by molar-refractivity contribution is -0.384. The molecule has 0 radical (unpaired) electrons. The zero-order valence-electron chi connectivity index (χ0n) is 11.6. The van der Waals surface area contributed by atoms with Gasteiger partial charge in [0.2, 0.25) is 0 Å². The van der Waals surface area contributed by atoms with E-state index in [4.69, 9.17) is 0 Å². The lowest BCUT2D eigenvalue weighted by Gasteiger charge is -2.05. The average molecular weight is 274 g/mol. The van der Waals surface area contributed by atoms with Gasteiger partial charge < -0.3 is 5.32 Å². The lowest BCUT2D eigenvalue weighted by atomic mass is 10.2. The molecule has 0 saturated carbocycles. The van der Waals surface area contributed by atoms with E-state index in [1.165, 1.54) is 12.1 Å². The molecule has 1 N–H and O–H groups in total. The number of nitrogens with one attached hydrogen (secondary N) is 1. The third-order valence-corrected chi connectivity index (χ3v) is 2.98. The largest absolute Gasteiger partial charge is 0.307 e. The summed E-state index contributed by atoms with van der Waals surface area (Å²) in [6.07, 6.45) is 1.97. The molecule has 0 atom stereocenters. The Bertz CT molecular complexity index is 575. The van der Waals surface area contributed by atoms with Crippen LogP contribution in [-0.4, -0.2) is 14.7 Å². The van der Waals surface area contributed by atoms with Crippen molar-refractivity contribution < 1.29 is 4.92 Å². The number of hydrogen-bond acceptors (Lipinski definition) is 4. The van der Waals surface area contributed by atoms with Gasteiger partial charge in [-0.2, -0.15) is 5.10 Å². The second-order valence-corrected chi connectivity index (χ2v) is 4.91. The van der Waals surface area contributed by atoms with Crippen molar-refractivity contribution in [3.8, 4) is 0 Å². The normalized spacial score (nSPS) is 10.9. The minimum atomic E-state index is -0.393. The van der Waals surface area contributed by atoms with Crippen molar-refractivity contribution in [2.45, 2.75) is 33.0 Å². The molecule has 0 spiro atoms. The highest BCUT2D eigenvalue weighted by Crippen LogP contribution is 2.11. The standard InChI is InChI=1S/C14H18N4O2/c1-11(2)17-8-7-13(16-17)10-15-9-12-3-5-14(6-4-12)18(19)20/h3-8,11,15H,9-10H2,1-2H3. The van der Waals surface area contributed by atoms with E-state index in [1.54, 1.807) is 12.1 Å². The number of nitro groups is 1. The first-order valence-corrected chi connectivity index (χ1v) is 6.54. The van der Waals surface area contributed by atoms with Crippen molar-refractivity contribution in [1.82, 2.24) is 15.1 Å². The van der Waals surface area contributed by atoms with Gasteiger partial charge in [-0.15, -0.1) is 0 Å². The SMILES string of the molecule is CC(C)n1ccc(CNCc2ccc([N+](=O)[O-])cc2)n1. The molecule has 0 aliphatic heterocycles. The molecular formula is C14H18N4O2. The summed E-state index contributed by atoms with van der Waals surface area (Å²) < 4.78 is 1.92. The van der Waals surface area contributed by atoms with Crippen LogP contribution >= 0.6 is 0 Å². The maximum absolute atomic E-state index is 10.5. The summed E-state index contributed by atoms with van der Waals surface area (Å²) in [6, 6.07) is 8.91. The van der Waals surface area contributed by atoms with E-state index in [0.717, 1.165) is 11.3 Å². The predicted octanol–water partition coefficient (Wildman–Crippen LogP) is 2.66. The van der Waals surface area contributed by atoms with Gasteiger partial charge in [-0.25, -0.2) is 0 Å². The summed E-state index contributed by atoms with van der Waals surface area (Å²) in [6.45, 7) is 5.51. The van der Waals surface area contributed by atoms with Gasteiger partial charge in [0.1, 0.15) is 0 Å². The average Bonchev–Trinajstić information content (AvgIpc) is 2.88. The Hall–Kier alpha value is -2.21. The monoisotopic (exact) mass is 274 g/mol. The molecule has 0 amide bonds. The molecule has 0 saturated heterocycles. The molecular weight excluding hydrogens is 256 g/mol. The third-order valence-electron chi connectivity index (χ3n) is 2.98. The molecule has 106 valence electrons. The van der Waals surface area contributed by atoms with Gasteiger partial charge >= 0.3 is 0 Å². The summed E-state index contributed by atoms with van der Waals surface area (Å²) in [5.74, 6) is 0. The minimum Gasteiger partial charge on any atom is -0.307 e. The third kappa shape index (κ3) is 3.64. The molecule has 0 aliphatic carbocycles. The Morgan fingerprint density at radius 3 is 2.50 bits per heavy atom. The molecule has 6 heteroatoms. The zero-order chi connectivity index (χ0) is 14.5. The lowest BCUT2D eigenvalue weighted by Crippen LogP contribution is -2.13. The van der Waals surface area contributed by atoms with E-state index in [-0.39, 0.29) is 5.69 Å². The van der Waals surface area contributed by atoms with Crippen LogP contribution in [0.3, 0.4) is 0 Å². The highest BCUT2D eigenvalue weighted by molar-refractivity contribution is 5.32. The molecule has 0 unspecified atom stereocenters. The number of rotatable bonds is 6. The Balaban J connectivity index is 1.84. The van der Waals surface area contributed by atoms with Gasteiger partial charge in [-0.05, 0) is 25.5 Å². The van der Waals surface area contributed by atoms with Crippen molar-refractivity contribution in [2.75, 3.05) is 0 Å². The second-order valence-electron chi connectivity index (χ2n) is 4.91. The van der Waals surface area contributed by atoms with Gasteiger partial charge in [-0.3, -0.25) is 14.8 Å². The summed E-state index contributed by atoms with van der Waals surface area (Å²) in [7, 11) is 0. The number of non-ortho nitro benzene ring substituents is 1. The van der Waals surface area contributed by atoms with Crippen molar-refractivity contribution in [3.63, 3.8) is 0 Å². The van der Waals surface area contributed by atoms with Gasteiger partial charge in [0, 0.05) is 37.5 Å². The molecule has 1 aromatic heterocycles.